The predicted octanol–water partition coefficient (Wildman–Crippen LogP) is 6.82. The Hall–Kier alpha value is -2.90. The first-order valence-corrected chi connectivity index (χ1v) is 15.5. The second-order valence-corrected chi connectivity index (χ2v) is 12.9. The van der Waals surface area contributed by atoms with Crippen molar-refractivity contribution in [3.8, 4) is 0 Å². The largest absolute Gasteiger partial charge is 0.465 e. The van der Waals surface area contributed by atoms with E-state index in [2.05, 4.69) is 6.92 Å². The van der Waals surface area contributed by atoms with Gasteiger partial charge in [-0.1, -0.05) is 149 Å². The van der Waals surface area contributed by atoms with E-state index in [0.29, 0.717) is 6.42 Å². The summed E-state index contributed by atoms with van der Waals surface area (Å²) >= 11 is 0. The monoisotopic (exact) mass is 516 g/mol. The van der Waals surface area contributed by atoms with Gasteiger partial charge in [0.2, 0.25) is 0 Å². The second-order valence-electron chi connectivity index (χ2n) is 9.52. The third kappa shape index (κ3) is 7.33. The summed E-state index contributed by atoms with van der Waals surface area (Å²) in [4.78, 5) is 27.5. The lowest BCUT2D eigenvalue weighted by Gasteiger charge is -2.31. The highest BCUT2D eigenvalue weighted by Gasteiger charge is 2.36. The van der Waals surface area contributed by atoms with Crippen LogP contribution < -0.4 is 15.9 Å². The van der Waals surface area contributed by atoms with Crippen molar-refractivity contribution in [3.63, 3.8) is 0 Å². The van der Waals surface area contributed by atoms with E-state index in [0.717, 1.165) is 35.2 Å². The average Bonchev–Trinajstić information content (AvgIpc) is 2.96. The van der Waals surface area contributed by atoms with Crippen LogP contribution in [0.25, 0.3) is 0 Å². The van der Waals surface area contributed by atoms with Crippen molar-refractivity contribution in [2.45, 2.75) is 71.1 Å². The van der Waals surface area contributed by atoms with E-state index in [1.165, 1.54) is 45.6 Å². The Balaban J connectivity index is 2.03. The van der Waals surface area contributed by atoms with Crippen molar-refractivity contribution in [3.05, 3.63) is 91.0 Å². The molecule has 4 heteroatoms. The molecule has 0 fully saturated rings. The SMILES string of the molecule is CCCCCCCCCCCC(=O)C(C(=O)OC)=P(c1ccccc1)(c1ccccc1)c1ccccc1. The van der Waals surface area contributed by atoms with Crippen LogP contribution in [0.1, 0.15) is 71.1 Å². The van der Waals surface area contributed by atoms with Crippen molar-refractivity contribution < 1.29 is 14.3 Å². The molecule has 37 heavy (non-hydrogen) atoms. The molecule has 0 spiro atoms. The van der Waals surface area contributed by atoms with Gasteiger partial charge in [0.25, 0.3) is 0 Å². The van der Waals surface area contributed by atoms with Crippen molar-refractivity contribution in [2.24, 2.45) is 0 Å². The molecular weight excluding hydrogens is 475 g/mol. The van der Waals surface area contributed by atoms with Crippen LogP contribution in [0.4, 0.5) is 0 Å². The van der Waals surface area contributed by atoms with Gasteiger partial charge < -0.3 is 4.74 Å². The number of hydrogen-bond donors (Lipinski definition) is 0. The number of rotatable bonds is 15. The maximum Gasteiger partial charge on any atom is 0.342 e. The molecule has 0 aromatic heterocycles. The molecule has 3 aromatic rings. The number of methoxy groups -OCH3 is 1. The lowest BCUT2D eigenvalue weighted by atomic mass is 10.0. The van der Waals surface area contributed by atoms with Crippen LogP contribution in [0.5, 0.6) is 0 Å². The fourth-order valence-electron chi connectivity index (χ4n) is 5.04. The Labute approximate surface area is 223 Å². The van der Waals surface area contributed by atoms with Crippen LogP contribution in [0.3, 0.4) is 0 Å². The number of esters is 1. The normalized spacial score (nSPS) is 11.2. The molecule has 0 saturated heterocycles. The Morgan fingerprint density at radius 2 is 0.973 bits per heavy atom. The Bertz CT molecular complexity index is 1050. The molecule has 3 nitrogen and oxygen atoms in total. The lowest BCUT2D eigenvalue weighted by Crippen LogP contribution is -2.38. The highest BCUT2D eigenvalue weighted by molar-refractivity contribution is 7.97. The van der Waals surface area contributed by atoms with Gasteiger partial charge in [-0.2, -0.15) is 0 Å². The van der Waals surface area contributed by atoms with Crippen LogP contribution in [-0.2, 0) is 14.3 Å². The number of hydrogen-bond acceptors (Lipinski definition) is 3. The number of ether oxygens (including phenoxy) is 1. The predicted molar refractivity (Wildman–Crippen MR) is 159 cm³/mol. The number of carbonyl (C=O) groups excluding carboxylic acids is 2. The van der Waals surface area contributed by atoms with Gasteiger partial charge in [0.05, 0.1) is 7.11 Å². The van der Waals surface area contributed by atoms with Gasteiger partial charge in [-0.15, -0.1) is 0 Å². The molecule has 3 aromatic carbocycles. The molecule has 0 aliphatic heterocycles. The molecule has 0 aliphatic carbocycles. The van der Waals surface area contributed by atoms with Crippen LogP contribution >= 0.6 is 6.89 Å². The van der Waals surface area contributed by atoms with Gasteiger partial charge in [0, 0.05) is 6.42 Å². The topological polar surface area (TPSA) is 43.4 Å². The molecule has 0 N–H and O–H groups in total. The summed E-state index contributed by atoms with van der Waals surface area (Å²) in [7, 11) is 1.38. The zero-order chi connectivity index (χ0) is 26.3. The highest BCUT2D eigenvalue weighted by atomic mass is 31.2. The molecule has 3 rings (SSSR count). The number of benzene rings is 3. The average molecular weight is 517 g/mol. The Morgan fingerprint density at radius 3 is 1.35 bits per heavy atom. The smallest absolute Gasteiger partial charge is 0.342 e. The van der Waals surface area contributed by atoms with Crippen LogP contribution in [0.2, 0.25) is 0 Å². The number of unbranched alkanes of at least 4 members (excludes halogenated alkanes) is 8. The molecule has 0 atom stereocenters. The van der Waals surface area contributed by atoms with Gasteiger partial charge in [0.1, 0.15) is 5.29 Å². The van der Waals surface area contributed by atoms with Crippen molar-refractivity contribution in [2.75, 3.05) is 7.11 Å². The van der Waals surface area contributed by atoms with Crippen LogP contribution in [0, 0.1) is 0 Å². The number of Topliss-reactive ketones (excluding diaryl/α,β-unsaturated/α-hetero) is 1. The summed E-state index contributed by atoms with van der Waals surface area (Å²) in [6, 6.07) is 30.1. The van der Waals surface area contributed by atoms with Gasteiger partial charge >= 0.3 is 5.97 Å². The molecule has 0 heterocycles. The van der Waals surface area contributed by atoms with Gasteiger partial charge in [0.15, 0.2) is 5.78 Å². The molecule has 0 saturated carbocycles. The van der Waals surface area contributed by atoms with E-state index in [9.17, 15) is 9.59 Å². The fraction of sp³-hybridized carbons (Fsp3) is 0.364. The van der Waals surface area contributed by atoms with Crippen molar-refractivity contribution in [1.82, 2.24) is 0 Å². The first-order valence-electron chi connectivity index (χ1n) is 13.7. The molecule has 0 aliphatic rings. The summed E-state index contributed by atoms with van der Waals surface area (Å²) in [6.45, 7) is -0.540. The summed E-state index contributed by atoms with van der Waals surface area (Å²) < 4.78 is 5.33. The first kappa shape index (κ1) is 28.7. The lowest BCUT2D eigenvalue weighted by molar-refractivity contribution is -0.133. The molecule has 0 radical (unpaired) electrons. The van der Waals surface area contributed by atoms with Gasteiger partial charge in [-0.05, 0) is 29.2 Å². The quantitative estimate of drug-likeness (QED) is 0.0964. The van der Waals surface area contributed by atoms with Gasteiger partial charge in [-0.3, -0.25) is 4.79 Å². The molecule has 0 unspecified atom stereocenters. The second kappa shape index (κ2) is 15.4. The molecule has 0 bridgehead atoms. The summed E-state index contributed by atoms with van der Waals surface area (Å²) in [5.41, 5.74) is 0. The van der Waals surface area contributed by atoms with E-state index >= 15 is 0 Å². The Kier molecular flexibility index (Phi) is 11.9. The molecule has 0 amide bonds. The third-order valence-electron chi connectivity index (χ3n) is 6.92. The fourth-order valence-corrected chi connectivity index (χ4v) is 9.42. The Morgan fingerprint density at radius 1 is 0.595 bits per heavy atom. The number of carbonyl (C=O) groups is 2. The third-order valence-corrected chi connectivity index (χ3v) is 11.2. The zero-order valence-corrected chi connectivity index (χ0v) is 23.3. The van der Waals surface area contributed by atoms with E-state index in [4.69, 9.17) is 4.74 Å². The maximum atomic E-state index is 14.0. The van der Waals surface area contributed by atoms with Gasteiger partial charge in [-0.25, -0.2) is 4.79 Å². The van der Waals surface area contributed by atoms with E-state index in [1.54, 1.807) is 0 Å². The van der Waals surface area contributed by atoms with Crippen molar-refractivity contribution >= 4 is 39.8 Å². The van der Waals surface area contributed by atoms with E-state index in [-0.39, 0.29) is 11.1 Å². The minimum absolute atomic E-state index is 0.0975. The maximum absolute atomic E-state index is 14.0. The highest BCUT2D eigenvalue weighted by Crippen LogP contribution is 2.46. The first-order chi connectivity index (χ1) is 18.2. The van der Waals surface area contributed by atoms with Crippen molar-refractivity contribution in [1.29, 1.82) is 0 Å². The minimum atomic E-state index is -2.78. The minimum Gasteiger partial charge on any atom is -0.465 e. The summed E-state index contributed by atoms with van der Waals surface area (Å²) in [5.74, 6) is -0.620. The van der Waals surface area contributed by atoms with Crippen LogP contribution in [0.15, 0.2) is 91.0 Å². The van der Waals surface area contributed by atoms with E-state index in [1.807, 2.05) is 91.0 Å². The standard InChI is InChI=1S/C33H41O3P/c1-3-4-5-6-7-8-9-10-20-27-31(34)32(33(35)36-2)37(28-21-14-11-15-22-28,29-23-16-12-17-24-29)30-25-18-13-19-26-30/h11-19,21-26H,3-10,20,27H2,1-2H3. The molecule has 196 valence electrons. The zero-order valence-electron chi connectivity index (χ0n) is 22.4. The van der Waals surface area contributed by atoms with Crippen LogP contribution in [-0.4, -0.2) is 24.2 Å². The summed E-state index contributed by atoms with van der Waals surface area (Å²) in [5, 5.41) is 3.23. The summed E-state index contributed by atoms with van der Waals surface area (Å²) in [6.07, 6.45) is 10.9. The number of ketones is 1. The van der Waals surface area contributed by atoms with E-state index < -0.39 is 12.9 Å². The molecular formula is C33H41O3P.